The van der Waals surface area contributed by atoms with E-state index >= 15 is 0 Å². The molecule has 0 aromatic carbocycles. The average molecular weight is 293 g/mol. The van der Waals surface area contributed by atoms with Crippen LogP contribution in [0.5, 0.6) is 0 Å². The summed E-state index contributed by atoms with van der Waals surface area (Å²) in [5.41, 5.74) is 7.58. The van der Waals surface area contributed by atoms with Gasteiger partial charge in [-0.25, -0.2) is 0 Å². The van der Waals surface area contributed by atoms with Gasteiger partial charge in [0.1, 0.15) is 5.69 Å². The molecule has 2 rings (SSSR count). The number of rotatable bonds is 3. The summed E-state index contributed by atoms with van der Waals surface area (Å²) in [5.74, 6) is -0.173. The Bertz CT molecular complexity index is 552. The Morgan fingerprint density at radius 3 is 2.81 bits per heavy atom. The van der Waals surface area contributed by atoms with Crippen molar-refractivity contribution in [3.63, 3.8) is 0 Å². The van der Waals surface area contributed by atoms with Crippen LogP contribution in [-0.4, -0.2) is 45.6 Å². The highest BCUT2D eigenvalue weighted by Gasteiger charge is 2.29. The van der Waals surface area contributed by atoms with Gasteiger partial charge in [0.15, 0.2) is 0 Å². The standard InChI is InChI=1S/C14H23N5O2/c1-4-19-13(12(15)9(2)17-19)14(21)18-7-5-6-11(8-18)16-10(3)20/h11H,4-8,15H2,1-3H3,(H,16,20). The van der Waals surface area contributed by atoms with E-state index in [1.165, 1.54) is 6.92 Å². The Balaban J connectivity index is 2.18. The summed E-state index contributed by atoms with van der Waals surface area (Å²) < 4.78 is 1.65. The van der Waals surface area contributed by atoms with Crippen molar-refractivity contribution in [1.29, 1.82) is 0 Å². The van der Waals surface area contributed by atoms with Crippen LogP contribution in [0.2, 0.25) is 0 Å². The molecule has 0 aliphatic carbocycles. The minimum Gasteiger partial charge on any atom is -0.395 e. The molecule has 116 valence electrons. The van der Waals surface area contributed by atoms with E-state index in [4.69, 9.17) is 5.73 Å². The van der Waals surface area contributed by atoms with E-state index in [1.54, 1.807) is 16.5 Å². The van der Waals surface area contributed by atoms with Crippen LogP contribution in [0.25, 0.3) is 0 Å². The Morgan fingerprint density at radius 2 is 2.19 bits per heavy atom. The molecule has 1 aromatic heterocycles. The highest BCUT2D eigenvalue weighted by molar-refractivity contribution is 5.98. The van der Waals surface area contributed by atoms with Gasteiger partial charge in [-0.2, -0.15) is 5.10 Å². The number of likely N-dealkylation sites (tertiary alicyclic amines) is 1. The van der Waals surface area contributed by atoms with E-state index in [-0.39, 0.29) is 17.9 Å². The average Bonchev–Trinajstić information content (AvgIpc) is 2.73. The molecule has 7 heteroatoms. The van der Waals surface area contributed by atoms with Crippen LogP contribution < -0.4 is 11.1 Å². The summed E-state index contributed by atoms with van der Waals surface area (Å²) in [4.78, 5) is 25.6. The van der Waals surface area contributed by atoms with Crippen LogP contribution >= 0.6 is 0 Å². The van der Waals surface area contributed by atoms with E-state index in [9.17, 15) is 9.59 Å². The molecule has 2 amide bonds. The molecular formula is C14H23N5O2. The summed E-state index contributed by atoms with van der Waals surface area (Å²) in [5, 5.41) is 7.17. The maximum Gasteiger partial charge on any atom is 0.274 e. The topological polar surface area (TPSA) is 93.2 Å². The second-order valence-corrected chi connectivity index (χ2v) is 5.45. The third-order valence-corrected chi connectivity index (χ3v) is 3.79. The molecule has 3 N–H and O–H groups in total. The SMILES string of the molecule is CCn1nc(C)c(N)c1C(=O)N1CCCC(NC(C)=O)C1. The quantitative estimate of drug-likeness (QED) is 0.850. The maximum absolute atomic E-state index is 12.7. The van der Waals surface area contributed by atoms with Gasteiger partial charge in [-0.05, 0) is 26.7 Å². The van der Waals surface area contributed by atoms with Gasteiger partial charge in [0.2, 0.25) is 5.91 Å². The zero-order valence-corrected chi connectivity index (χ0v) is 12.8. The minimum absolute atomic E-state index is 0.0144. The van der Waals surface area contributed by atoms with Crippen LogP contribution in [0, 0.1) is 6.92 Å². The largest absolute Gasteiger partial charge is 0.395 e. The molecule has 1 aliphatic rings. The van der Waals surface area contributed by atoms with Crippen LogP contribution in [0.1, 0.15) is 42.9 Å². The Morgan fingerprint density at radius 1 is 1.48 bits per heavy atom. The van der Waals surface area contributed by atoms with Gasteiger partial charge >= 0.3 is 0 Å². The molecule has 2 heterocycles. The Kier molecular flexibility index (Phi) is 4.50. The number of amides is 2. The summed E-state index contributed by atoms with van der Waals surface area (Å²) in [7, 11) is 0. The van der Waals surface area contributed by atoms with Crippen molar-refractivity contribution in [2.24, 2.45) is 0 Å². The van der Waals surface area contributed by atoms with E-state index in [0.717, 1.165) is 12.8 Å². The summed E-state index contributed by atoms with van der Waals surface area (Å²) >= 11 is 0. The molecule has 0 spiro atoms. The van der Waals surface area contributed by atoms with Crippen LogP contribution in [0.4, 0.5) is 5.69 Å². The predicted octanol–water partition coefficient (Wildman–Crippen LogP) is 0.534. The van der Waals surface area contributed by atoms with Crippen molar-refractivity contribution in [3.8, 4) is 0 Å². The predicted molar refractivity (Wildman–Crippen MR) is 79.8 cm³/mol. The van der Waals surface area contributed by atoms with Gasteiger partial charge in [0.25, 0.3) is 5.91 Å². The lowest BCUT2D eigenvalue weighted by atomic mass is 10.0. The number of carbonyl (C=O) groups is 2. The number of nitrogens with one attached hydrogen (secondary N) is 1. The van der Waals surface area contributed by atoms with Gasteiger partial charge in [-0.15, -0.1) is 0 Å². The van der Waals surface area contributed by atoms with Crippen molar-refractivity contribution >= 4 is 17.5 Å². The van der Waals surface area contributed by atoms with Crippen molar-refractivity contribution in [2.75, 3.05) is 18.8 Å². The molecule has 21 heavy (non-hydrogen) atoms. The van der Waals surface area contributed by atoms with Crippen molar-refractivity contribution in [1.82, 2.24) is 20.0 Å². The molecule has 1 aromatic rings. The third-order valence-electron chi connectivity index (χ3n) is 3.79. The molecule has 1 fully saturated rings. The number of nitrogen functional groups attached to an aromatic ring is 1. The molecule has 1 atom stereocenters. The van der Waals surface area contributed by atoms with E-state index in [1.807, 2.05) is 6.92 Å². The number of piperidine rings is 1. The second-order valence-electron chi connectivity index (χ2n) is 5.45. The molecule has 0 saturated carbocycles. The lowest BCUT2D eigenvalue weighted by Crippen LogP contribution is -2.49. The van der Waals surface area contributed by atoms with Crippen molar-refractivity contribution < 1.29 is 9.59 Å². The smallest absolute Gasteiger partial charge is 0.274 e. The zero-order valence-electron chi connectivity index (χ0n) is 12.8. The van der Waals surface area contributed by atoms with E-state index in [0.29, 0.717) is 36.7 Å². The highest BCUT2D eigenvalue weighted by atomic mass is 16.2. The van der Waals surface area contributed by atoms with Gasteiger partial charge in [0.05, 0.1) is 11.4 Å². The Labute approximate surface area is 124 Å². The lowest BCUT2D eigenvalue weighted by molar-refractivity contribution is -0.120. The number of carbonyl (C=O) groups excluding carboxylic acids is 2. The fourth-order valence-electron chi connectivity index (χ4n) is 2.77. The Hall–Kier alpha value is -2.05. The molecule has 1 unspecified atom stereocenters. The number of aromatic nitrogens is 2. The summed E-state index contributed by atoms with van der Waals surface area (Å²) in [6.45, 7) is 7.03. The minimum atomic E-state index is -0.106. The number of aryl methyl sites for hydroxylation is 2. The number of nitrogens with zero attached hydrogens (tertiary/aromatic N) is 3. The zero-order chi connectivity index (χ0) is 15.6. The van der Waals surface area contributed by atoms with Gasteiger partial charge in [-0.3, -0.25) is 14.3 Å². The fraction of sp³-hybridized carbons (Fsp3) is 0.643. The first-order chi connectivity index (χ1) is 9.93. The summed E-state index contributed by atoms with van der Waals surface area (Å²) in [6, 6.07) is 0.0144. The highest BCUT2D eigenvalue weighted by Crippen LogP contribution is 2.21. The molecule has 0 bridgehead atoms. The van der Waals surface area contributed by atoms with Gasteiger partial charge in [0, 0.05) is 32.6 Å². The van der Waals surface area contributed by atoms with Crippen LogP contribution in [-0.2, 0) is 11.3 Å². The molecule has 0 radical (unpaired) electrons. The van der Waals surface area contributed by atoms with Crippen molar-refractivity contribution in [3.05, 3.63) is 11.4 Å². The molecular weight excluding hydrogens is 270 g/mol. The molecule has 7 nitrogen and oxygen atoms in total. The first-order valence-corrected chi connectivity index (χ1v) is 7.33. The first kappa shape index (κ1) is 15.3. The molecule has 1 saturated heterocycles. The monoisotopic (exact) mass is 293 g/mol. The third kappa shape index (κ3) is 3.17. The van der Waals surface area contributed by atoms with Crippen molar-refractivity contribution in [2.45, 2.75) is 46.2 Å². The molecule has 1 aliphatic heterocycles. The lowest BCUT2D eigenvalue weighted by Gasteiger charge is -2.33. The van der Waals surface area contributed by atoms with Gasteiger partial charge in [-0.1, -0.05) is 0 Å². The number of hydrogen-bond acceptors (Lipinski definition) is 4. The van der Waals surface area contributed by atoms with Gasteiger partial charge < -0.3 is 16.0 Å². The van der Waals surface area contributed by atoms with Crippen LogP contribution in [0.15, 0.2) is 0 Å². The fourth-order valence-corrected chi connectivity index (χ4v) is 2.77. The second kappa shape index (κ2) is 6.15. The first-order valence-electron chi connectivity index (χ1n) is 7.33. The normalized spacial score (nSPS) is 18.6. The maximum atomic E-state index is 12.7. The number of hydrogen-bond donors (Lipinski definition) is 2. The summed E-state index contributed by atoms with van der Waals surface area (Å²) in [6.07, 6.45) is 1.76. The van der Waals surface area contributed by atoms with E-state index < -0.39 is 0 Å². The number of nitrogens with two attached hydrogens (primary N) is 1. The van der Waals surface area contributed by atoms with Crippen LogP contribution in [0.3, 0.4) is 0 Å². The number of anilines is 1. The van der Waals surface area contributed by atoms with E-state index in [2.05, 4.69) is 10.4 Å².